The molecule has 26 heavy (non-hydrogen) atoms. The van der Waals surface area contributed by atoms with Gasteiger partial charge in [0.05, 0.1) is 20.3 Å². The molecule has 1 unspecified atom stereocenters. The Hall–Kier alpha value is -1.34. The molecule has 2 aliphatic carbocycles. The maximum atomic E-state index is 11.2. The predicted octanol–water partition coefficient (Wildman–Crippen LogP) is 0.306. The molecule has 2 heterocycles. The highest BCUT2D eigenvalue weighted by molar-refractivity contribution is 5.61. The third-order valence-electron chi connectivity index (χ3n) is 7.82. The van der Waals surface area contributed by atoms with Crippen molar-refractivity contribution in [3.8, 4) is 11.5 Å². The summed E-state index contributed by atoms with van der Waals surface area (Å²) in [5.74, 6) is 1.69. The van der Waals surface area contributed by atoms with Gasteiger partial charge in [0.1, 0.15) is 12.2 Å². The lowest BCUT2D eigenvalue weighted by Crippen LogP contribution is -2.71. The van der Waals surface area contributed by atoms with Gasteiger partial charge in [-0.1, -0.05) is 6.07 Å². The van der Waals surface area contributed by atoms with Gasteiger partial charge in [-0.25, -0.2) is 0 Å². The van der Waals surface area contributed by atoms with Crippen LogP contribution >= 0.6 is 0 Å². The molecule has 0 radical (unpaired) electrons. The average molecular weight is 361 g/mol. The van der Waals surface area contributed by atoms with E-state index in [2.05, 4.69) is 18.0 Å². The smallest absolute Gasteiger partial charge is 0.165 e. The molecule has 2 bridgehead atoms. The van der Waals surface area contributed by atoms with Gasteiger partial charge in [-0.2, -0.15) is 0 Å². The summed E-state index contributed by atoms with van der Waals surface area (Å²) in [6, 6.07) is 4.42. The minimum Gasteiger partial charge on any atom is -0.493 e. The first kappa shape index (κ1) is 16.8. The first-order valence-electron chi connectivity index (χ1n) is 9.49. The van der Waals surface area contributed by atoms with E-state index in [0.717, 1.165) is 25.1 Å². The first-order valence-corrected chi connectivity index (χ1v) is 9.49. The number of aliphatic hydroxyl groups excluding tert-OH is 3. The molecular formula is C20H27NO5. The van der Waals surface area contributed by atoms with Crippen molar-refractivity contribution in [1.82, 2.24) is 4.90 Å². The highest BCUT2D eigenvalue weighted by atomic mass is 16.5. The number of rotatable bonds is 3. The number of ether oxygens (including phenoxy) is 2. The van der Waals surface area contributed by atoms with Crippen LogP contribution in [0.4, 0.5) is 0 Å². The Kier molecular flexibility index (Phi) is 3.46. The Labute approximate surface area is 153 Å². The summed E-state index contributed by atoms with van der Waals surface area (Å²) in [7, 11) is 3.80. The standard InChI is InChI=1S/C20H27NO5/c1-21-6-5-20-12-8-19(9-22,10-23)17(24)18(20)26-16-14(25-2)4-3-11(15(16)20)7-13(12)21/h3-4,12-13,17-18,22-24H,5-10H2,1-2H3/t12?,13-,17+,18+,20+/m1/s1. The maximum absolute atomic E-state index is 11.2. The molecule has 4 aliphatic rings. The maximum Gasteiger partial charge on any atom is 0.165 e. The number of likely N-dealkylation sites (tertiary alicyclic amines) is 1. The van der Waals surface area contributed by atoms with Gasteiger partial charge >= 0.3 is 0 Å². The number of benzene rings is 1. The van der Waals surface area contributed by atoms with E-state index in [9.17, 15) is 15.3 Å². The van der Waals surface area contributed by atoms with Crippen molar-refractivity contribution in [2.75, 3.05) is 33.9 Å². The number of hydrogen-bond acceptors (Lipinski definition) is 6. The molecule has 0 amide bonds. The average Bonchev–Trinajstić information content (AvgIpc) is 3.01. The predicted molar refractivity (Wildman–Crippen MR) is 94.5 cm³/mol. The summed E-state index contributed by atoms with van der Waals surface area (Å²) in [5, 5.41) is 31.4. The van der Waals surface area contributed by atoms with Crippen LogP contribution in [-0.4, -0.2) is 72.4 Å². The summed E-state index contributed by atoms with van der Waals surface area (Å²) < 4.78 is 11.9. The molecule has 2 fully saturated rings. The minimum atomic E-state index is -0.929. The van der Waals surface area contributed by atoms with Gasteiger partial charge in [-0.3, -0.25) is 0 Å². The van der Waals surface area contributed by atoms with Crippen molar-refractivity contribution < 1.29 is 24.8 Å². The fraction of sp³-hybridized carbons (Fsp3) is 0.700. The van der Waals surface area contributed by atoms with Crippen LogP contribution in [0.2, 0.25) is 0 Å². The molecule has 5 rings (SSSR count). The van der Waals surface area contributed by atoms with E-state index in [4.69, 9.17) is 9.47 Å². The fourth-order valence-electron chi connectivity index (χ4n) is 6.40. The molecule has 6 heteroatoms. The van der Waals surface area contributed by atoms with Crippen molar-refractivity contribution in [3.63, 3.8) is 0 Å². The summed E-state index contributed by atoms with van der Waals surface area (Å²) in [5.41, 5.74) is 1.30. The van der Waals surface area contributed by atoms with Gasteiger partial charge in [0.2, 0.25) is 0 Å². The van der Waals surface area contributed by atoms with Gasteiger partial charge in [0, 0.05) is 22.4 Å². The zero-order valence-corrected chi connectivity index (χ0v) is 15.3. The van der Waals surface area contributed by atoms with Crippen molar-refractivity contribution in [2.45, 2.75) is 42.9 Å². The van der Waals surface area contributed by atoms with E-state index < -0.39 is 17.6 Å². The fourth-order valence-corrected chi connectivity index (χ4v) is 6.40. The molecule has 2 aliphatic heterocycles. The molecule has 5 atom stereocenters. The van der Waals surface area contributed by atoms with Crippen LogP contribution in [-0.2, 0) is 11.8 Å². The molecule has 1 saturated carbocycles. The van der Waals surface area contributed by atoms with Gasteiger partial charge in [0.15, 0.2) is 11.5 Å². The largest absolute Gasteiger partial charge is 0.493 e. The van der Waals surface area contributed by atoms with Crippen molar-refractivity contribution in [1.29, 1.82) is 0 Å². The van der Waals surface area contributed by atoms with Crippen LogP contribution in [0.1, 0.15) is 24.0 Å². The summed E-state index contributed by atoms with van der Waals surface area (Å²) in [6.45, 7) is 0.469. The van der Waals surface area contributed by atoms with Crippen LogP contribution in [0, 0.1) is 11.3 Å². The SMILES string of the molecule is COc1ccc2c3c1O[C@H]1[C@H](O)C(CO)(CO)CC4[C@@H](C2)N(C)CC[C@@]341. The normalized spacial score (nSPS) is 39.3. The lowest BCUT2D eigenvalue weighted by molar-refractivity contribution is -0.187. The Balaban J connectivity index is 1.76. The van der Waals surface area contributed by atoms with Crippen LogP contribution in [0.15, 0.2) is 12.1 Å². The highest BCUT2D eigenvalue weighted by Crippen LogP contribution is 2.66. The van der Waals surface area contributed by atoms with Gasteiger partial charge in [-0.15, -0.1) is 0 Å². The van der Waals surface area contributed by atoms with Crippen molar-refractivity contribution >= 4 is 0 Å². The monoisotopic (exact) mass is 361 g/mol. The van der Waals surface area contributed by atoms with Crippen molar-refractivity contribution in [2.24, 2.45) is 11.3 Å². The second-order valence-corrected chi connectivity index (χ2v) is 8.65. The molecule has 1 spiro atoms. The summed E-state index contributed by atoms with van der Waals surface area (Å²) in [4.78, 5) is 2.40. The summed E-state index contributed by atoms with van der Waals surface area (Å²) in [6.07, 6.45) is 1.07. The Bertz CT molecular complexity index is 748. The number of methoxy groups -OCH3 is 1. The first-order chi connectivity index (χ1) is 12.5. The van der Waals surface area contributed by atoms with Gasteiger partial charge in [-0.05, 0) is 50.4 Å². The Morgan fingerprint density at radius 3 is 2.77 bits per heavy atom. The molecule has 6 nitrogen and oxygen atoms in total. The van der Waals surface area contributed by atoms with E-state index >= 15 is 0 Å². The van der Waals surface area contributed by atoms with E-state index in [0.29, 0.717) is 18.2 Å². The van der Waals surface area contributed by atoms with Crippen LogP contribution in [0.3, 0.4) is 0 Å². The zero-order valence-electron chi connectivity index (χ0n) is 15.3. The summed E-state index contributed by atoms with van der Waals surface area (Å²) >= 11 is 0. The molecule has 1 aromatic rings. The van der Waals surface area contributed by atoms with E-state index in [1.165, 1.54) is 11.1 Å². The minimum absolute atomic E-state index is 0.231. The van der Waals surface area contributed by atoms with Gasteiger partial charge < -0.3 is 29.7 Å². The second-order valence-electron chi connectivity index (χ2n) is 8.65. The van der Waals surface area contributed by atoms with Crippen molar-refractivity contribution in [3.05, 3.63) is 23.3 Å². The number of hydrogen-bond donors (Lipinski definition) is 3. The topological polar surface area (TPSA) is 82.4 Å². The third kappa shape index (κ3) is 1.72. The number of likely N-dealkylation sites (N-methyl/N-ethyl adjacent to an activating group) is 1. The van der Waals surface area contributed by atoms with Crippen LogP contribution in [0.5, 0.6) is 11.5 Å². The molecule has 3 N–H and O–H groups in total. The molecular weight excluding hydrogens is 334 g/mol. The zero-order chi connectivity index (χ0) is 18.3. The van der Waals surface area contributed by atoms with Crippen LogP contribution < -0.4 is 9.47 Å². The van der Waals surface area contributed by atoms with E-state index in [1.54, 1.807) is 7.11 Å². The molecule has 142 valence electrons. The number of piperidine rings is 1. The van der Waals surface area contributed by atoms with E-state index in [1.807, 2.05) is 6.07 Å². The second kappa shape index (κ2) is 5.35. The van der Waals surface area contributed by atoms with E-state index in [-0.39, 0.29) is 24.5 Å². The third-order valence-corrected chi connectivity index (χ3v) is 7.82. The lowest BCUT2D eigenvalue weighted by Gasteiger charge is -2.62. The Morgan fingerprint density at radius 1 is 1.31 bits per heavy atom. The van der Waals surface area contributed by atoms with Gasteiger partial charge in [0.25, 0.3) is 0 Å². The molecule has 0 aromatic heterocycles. The number of nitrogens with zero attached hydrogens (tertiary/aromatic N) is 1. The molecule has 1 saturated heterocycles. The van der Waals surface area contributed by atoms with Crippen LogP contribution in [0.25, 0.3) is 0 Å². The quantitative estimate of drug-likeness (QED) is 0.719. The molecule has 1 aromatic carbocycles. The number of aliphatic hydroxyl groups is 3. The lowest BCUT2D eigenvalue weighted by atomic mass is 9.47. The Morgan fingerprint density at radius 2 is 2.08 bits per heavy atom. The highest BCUT2D eigenvalue weighted by Gasteiger charge is 2.70.